The van der Waals surface area contributed by atoms with Gasteiger partial charge in [0.2, 0.25) is 0 Å². The minimum absolute atomic E-state index is 0.120. The highest BCUT2D eigenvalue weighted by Gasteiger charge is 2.45. The summed E-state index contributed by atoms with van der Waals surface area (Å²) in [4.78, 5) is 0. The Hall–Kier alpha value is -0.360. The number of aliphatic hydroxyl groups is 7. The van der Waals surface area contributed by atoms with Crippen LogP contribution in [0.1, 0.15) is 12.8 Å². The van der Waals surface area contributed by atoms with Crippen molar-refractivity contribution < 1.29 is 45.2 Å². The first-order valence-corrected chi connectivity index (χ1v) is 6.87. The van der Waals surface area contributed by atoms with E-state index in [1.54, 1.807) is 0 Å². The molecule has 21 heavy (non-hydrogen) atoms. The Morgan fingerprint density at radius 2 is 1.05 bits per heavy atom. The summed E-state index contributed by atoms with van der Waals surface area (Å²) in [7, 11) is 0. The summed E-state index contributed by atoms with van der Waals surface area (Å²) in [6.07, 6.45) is -10.8. The van der Waals surface area contributed by atoms with Gasteiger partial charge in [0.15, 0.2) is 6.29 Å². The van der Waals surface area contributed by atoms with E-state index in [1.807, 2.05) is 0 Å². The largest absolute Gasteiger partial charge is 0.394 e. The molecule has 9 heteroatoms. The molecule has 0 aliphatic carbocycles. The molecule has 0 saturated carbocycles. The summed E-state index contributed by atoms with van der Waals surface area (Å²) in [5, 5.41) is 66.4. The Balaban J connectivity index is 1.88. The third kappa shape index (κ3) is 3.36. The van der Waals surface area contributed by atoms with E-state index < -0.39 is 61.7 Å². The maximum atomic E-state index is 9.78. The van der Waals surface area contributed by atoms with Crippen molar-refractivity contribution in [1.29, 1.82) is 0 Å². The molecule has 2 fully saturated rings. The molecule has 2 aliphatic heterocycles. The quantitative estimate of drug-likeness (QED) is 0.275. The molecule has 0 radical (unpaired) electrons. The van der Waals surface area contributed by atoms with Gasteiger partial charge in [-0.25, -0.2) is 0 Å². The number of hydrogen-bond donors (Lipinski definition) is 7. The van der Waals surface area contributed by atoms with Crippen LogP contribution in [0.2, 0.25) is 0 Å². The Morgan fingerprint density at radius 1 is 0.571 bits per heavy atom. The Labute approximate surface area is 121 Å². The standard InChI is InChI=1S/C12H22O9/c13-3-6-9(16)7(14)4(20-6)1-2-5-8(15)10(17)11(18)12(19)21-5/h4-19H,1-3H2/t4-,5+,6+,7-,8-,9+,10-,11+,12+/m0/s1. The molecule has 0 bridgehead atoms. The molecule has 2 saturated heterocycles. The molecule has 9 nitrogen and oxygen atoms in total. The predicted molar refractivity (Wildman–Crippen MR) is 65.9 cm³/mol. The number of aliphatic hydroxyl groups excluding tert-OH is 7. The van der Waals surface area contributed by atoms with Crippen molar-refractivity contribution in [1.82, 2.24) is 0 Å². The maximum absolute atomic E-state index is 9.78. The van der Waals surface area contributed by atoms with Crippen LogP contribution in [-0.4, -0.2) is 97.5 Å². The lowest BCUT2D eigenvalue weighted by molar-refractivity contribution is -0.283. The van der Waals surface area contributed by atoms with Crippen molar-refractivity contribution in [2.24, 2.45) is 0 Å². The van der Waals surface area contributed by atoms with Gasteiger partial charge in [0.1, 0.15) is 36.6 Å². The first-order valence-electron chi connectivity index (χ1n) is 6.87. The lowest BCUT2D eigenvalue weighted by Crippen LogP contribution is -2.57. The monoisotopic (exact) mass is 310 g/mol. The second kappa shape index (κ2) is 6.82. The van der Waals surface area contributed by atoms with E-state index in [0.29, 0.717) is 0 Å². The number of ether oxygens (including phenoxy) is 2. The molecule has 9 atom stereocenters. The molecule has 2 rings (SSSR count). The second-order valence-electron chi connectivity index (χ2n) is 5.49. The van der Waals surface area contributed by atoms with Crippen LogP contribution < -0.4 is 0 Å². The average Bonchev–Trinajstić information content (AvgIpc) is 2.75. The lowest BCUT2D eigenvalue weighted by Gasteiger charge is -2.38. The lowest BCUT2D eigenvalue weighted by atomic mass is 9.94. The zero-order valence-electron chi connectivity index (χ0n) is 11.3. The van der Waals surface area contributed by atoms with Crippen LogP contribution in [0.5, 0.6) is 0 Å². The highest BCUT2D eigenvalue weighted by atomic mass is 16.6. The molecular weight excluding hydrogens is 288 g/mol. The van der Waals surface area contributed by atoms with Gasteiger partial charge in [-0.15, -0.1) is 0 Å². The van der Waals surface area contributed by atoms with Crippen molar-refractivity contribution in [2.45, 2.75) is 68.0 Å². The highest BCUT2D eigenvalue weighted by Crippen LogP contribution is 2.28. The van der Waals surface area contributed by atoms with E-state index in [1.165, 1.54) is 0 Å². The van der Waals surface area contributed by atoms with E-state index in [2.05, 4.69) is 0 Å². The Morgan fingerprint density at radius 3 is 1.57 bits per heavy atom. The van der Waals surface area contributed by atoms with Crippen molar-refractivity contribution in [3.63, 3.8) is 0 Å². The van der Waals surface area contributed by atoms with E-state index in [9.17, 15) is 30.6 Å². The third-order valence-corrected chi connectivity index (χ3v) is 4.06. The molecule has 0 spiro atoms. The van der Waals surface area contributed by atoms with Crippen LogP contribution >= 0.6 is 0 Å². The van der Waals surface area contributed by atoms with Crippen LogP contribution in [-0.2, 0) is 9.47 Å². The number of hydrogen-bond acceptors (Lipinski definition) is 9. The zero-order valence-corrected chi connectivity index (χ0v) is 11.3. The molecule has 2 aliphatic rings. The average molecular weight is 310 g/mol. The summed E-state index contributed by atoms with van der Waals surface area (Å²) in [6.45, 7) is -0.430. The van der Waals surface area contributed by atoms with Gasteiger partial charge in [-0.2, -0.15) is 0 Å². The van der Waals surface area contributed by atoms with Gasteiger partial charge in [-0.05, 0) is 12.8 Å². The fourth-order valence-corrected chi connectivity index (χ4v) is 2.71. The van der Waals surface area contributed by atoms with Crippen molar-refractivity contribution >= 4 is 0 Å². The van der Waals surface area contributed by atoms with Gasteiger partial charge in [-0.1, -0.05) is 0 Å². The van der Waals surface area contributed by atoms with Gasteiger partial charge in [-0.3, -0.25) is 0 Å². The molecule has 124 valence electrons. The summed E-state index contributed by atoms with van der Waals surface area (Å²) < 4.78 is 10.3. The van der Waals surface area contributed by atoms with Crippen LogP contribution in [0.3, 0.4) is 0 Å². The predicted octanol–water partition coefficient (Wildman–Crippen LogP) is -3.95. The summed E-state index contributed by atoms with van der Waals surface area (Å²) in [6, 6.07) is 0. The number of rotatable bonds is 4. The molecule has 7 N–H and O–H groups in total. The van der Waals surface area contributed by atoms with Gasteiger partial charge < -0.3 is 45.2 Å². The van der Waals surface area contributed by atoms with Gasteiger partial charge >= 0.3 is 0 Å². The fourth-order valence-electron chi connectivity index (χ4n) is 2.71. The normalized spacial score (nSPS) is 51.3. The Bertz CT molecular complexity index is 341. The Kier molecular flexibility index (Phi) is 5.52. The first-order chi connectivity index (χ1) is 9.86. The van der Waals surface area contributed by atoms with E-state index in [4.69, 9.17) is 14.6 Å². The minimum Gasteiger partial charge on any atom is -0.394 e. The summed E-state index contributed by atoms with van der Waals surface area (Å²) >= 11 is 0. The highest BCUT2D eigenvalue weighted by molar-refractivity contribution is 4.93. The topological polar surface area (TPSA) is 160 Å². The van der Waals surface area contributed by atoms with Crippen LogP contribution in [0, 0.1) is 0 Å². The van der Waals surface area contributed by atoms with Gasteiger partial charge in [0, 0.05) is 0 Å². The molecule has 0 unspecified atom stereocenters. The molecule has 0 aromatic heterocycles. The van der Waals surface area contributed by atoms with Gasteiger partial charge in [0.05, 0.1) is 18.8 Å². The van der Waals surface area contributed by atoms with E-state index in [0.717, 1.165) is 0 Å². The molecule has 0 aromatic rings. The van der Waals surface area contributed by atoms with Crippen molar-refractivity contribution in [3.8, 4) is 0 Å². The van der Waals surface area contributed by atoms with E-state index in [-0.39, 0.29) is 12.8 Å². The fraction of sp³-hybridized carbons (Fsp3) is 1.00. The first kappa shape index (κ1) is 17.0. The SMILES string of the molecule is OC[C@H]1O[C@@H](CC[C@H]2O[C@@H](O)[C@H](O)[C@@H](O)[C@H]2O)[C@H](O)[C@@H]1O. The zero-order chi connectivity index (χ0) is 15.7. The summed E-state index contributed by atoms with van der Waals surface area (Å²) in [5.41, 5.74) is 0. The third-order valence-electron chi connectivity index (χ3n) is 4.06. The van der Waals surface area contributed by atoms with Crippen LogP contribution in [0.4, 0.5) is 0 Å². The van der Waals surface area contributed by atoms with Crippen molar-refractivity contribution in [2.75, 3.05) is 6.61 Å². The molecular formula is C12H22O9. The molecule has 0 amide bonds. The van der Waals surface area contributed by atoms with Crippen LogP contribution in [0.15, 0.2) is 0 Å². The maximum Gasteiger partial charge on any atom is 0.183 e. The smallest absolute Gasteiger partial charge is 0.183 e. The van der Waals surface area contributed by atoms with Crippen molar-refractivity contribution in [3.05, 3.63) is 0 Å². The van der Waals surface area contributed by atoms with Crippen LogP contribution in [0.25, 0.3) is 0 Å². The molecule has 2 heterocycles. The van der Waals surface area contributed by atoms with Gasteiger partial charge in [0.25, 0.3) is 0 Å². The van der Waals surface area contributed by atoms with E-state index >= 15 is 0 Å². The second-order valence-corrected chi connectivity index (χ2v) is 5.49. The molecule has 0 aromatic carbocycles. The minimum atomic E-state index is -1.61. The summed E-state index contributed by atoms with van der Waals surface area (Å²) in [5.74, 6) is 0.